The van der Waals surface area contributed by atoms with E-state index in [-0.39, 0.29) is 6.54 Å². The molecule has 2 N–H and O–H groups in total. The molecule has 24 heavy (non-hydrogen) atoms. The van der Waals surface area contributed by atoms with Crippen molar-refractivity contribution < 1.29 is 18.0 Å². The van der Waals surface area contributed by atoms with Crippen molar-refractivity contribution in [2.45, 2.75) is 12.2 Å². The average molecular weight is 358 g/mol. The maximum Gasteiger partial charge on any atom is 0.405 e. The van der Waals surface area contributed by atoms with E-state index in [2.05, 4.69) is 20.0 Å². The summed E-state index contributed by atoms with van der Waals surface area (Å²) in [6, 6.07) is 0.670. The number of pyridine rings is 1. The van der Waals surface area contributed by atoms with Gasteiger partial charge in [0, 0.05) is 29.6 Å². The first-order chi connectivity index (χ1) is 11.3. The fourth-order valence-corrected chi connectivity index (χ4v) is 2.41. The molecule has 2 aromatic heterocycles. The summed E-state index contributed by atoms with van der Waals surface area (Å²) in [6.07, 6.45) is 0.111. The van der Waals surface area contributed by atoms with Crippen molar-refractivity contribution in [2.24, 2.45) is 9.98 Å². The lowest BCUT2D eigenvalue weighted by Gasteiger charge is -2.16. The third kappa shape index (κ3) is 3.56. The highest BCUT2D eigenvalue weighted by atomic mass is 35.5. The normalized spacial score (nSPS) is 17.8. The molecule has 3 rings (SSSR count). The molecule has 1 atom stereocenters. The Labute approximate surface area is 138 Å². The van der Waals surface area contributed by atoms with Gasteiger partial charge in [-0.15, -0.1) is 0 Å². The van der Waals surface area contributed by atoms with Gasteiger partial charge >= 0.3 is 6.18 Å². The molecule has 2 aromatic rings. The van der Waals surface area contributed by atoms with Crippen molar-refractivity contribution in [2.75, 3.05) is 13.1 Å². The fraction of sp³-hybridized carbons (Fsp3) is 0.286. The van der Waals surface area contributed by atoms with E-state index >= 15 is 0 Å². The SMILES string of the molecule is O=C(NCC(F)(F)F)C1CN=CC(c2c[nH]c3ncc(Cl)cc23)=N1. The van der Waals surface area contributed by atoms with Gasteiger partial charge < -0.3 is 10.3 Å². The monoisotopic (exact) mass is 357 g/mol. The summed E-state index contributed by atoms with van der Waals surface area (Å²) in [5, 5.41) is 2.93. The number of aromatic amines is 1. The van der Waals surface area contributed by atoms with Gasteiger partial charge in [-0.3, -0.25) is 14.8 Å². The minimum Gasteiger partial charge on any atom is -0.345 e. The topological polar surface area (TPSA) is 82.5 Å². The van der Waals surface area contributed by atoms with Crippen LogP contribution in [0.5, 0.6) is 0 Å². The Kier molecular flexibility index (Phi) is 4.27. The standard InChI is InChI=1S/C14H11ClF3N5O/c15-7-1-8-9(3-21-12(8)20-2-7)10-4-19-5-11(23-10)13(24)22-6-14(16,17)18/h1-4,11H,5-6H2,(H,20,21)(H,22,24). The second-order valence-electron chi connectivity index (χ2n) is 5.11. The summed E-state index contributed by atoms with van der Waals surface area (Å²) in [6.45, 7) is -1.40. The first-order valence-electron chi connectivity index (χ1n) is 6.88. The number of nitrogens with zero attached hydrogens (tertiary/aromatic N) is 3. The number of hydrogen-bond acceptors (Lipinski definition) is 4. The van der Waals surface area contributed by atoms with E-state index in [9.17, 15) is 18.0 Å². The van der Waals surface area contributed by atoms with Gasteiger partial charge in [0.1, 0.15) is 18.2 Å². The van der Waals surface area contributed by atoms with E-state index < -0.39 is 24.7 Å². The molecule has 0 saturated carbocycles. The highest BCUT2D eigenvalue weighted by molar-refractivity contribution is 6.41. The van der Waals surface area contributed by atoms with E-state index in [1.807, 2.05) is 5.32 Å². The minimum absolute atomic E-state index is 0.00540. The van der Waals surface area contributed by atoms with Gasteiger partial charge in [-0.1, -0.05) is 11.6 Å². The zero-order chi connectivity index (χ0) is 17.3. The molecular weight excluding hydrogens is 347 g/mol. The number of halogens is 4. The number of carbonyl (C=O) groups is 1. The molecule has 6 nitrogen and oxygen atoms in total. The Morgan fingerprint density at radius 1 is 1.46 bits per heavy atom. The van der Waals surface area contributed by atoms with Crippen LogP contribution in [0.25, 0.3) is 11.0 Å². The molecule has 1 aliphatic heterocycles. The van der Waals surface area contributed by atoms with Gasteiger partial charge in [-0.2, -0.15) is 13.2 Å². The van der Waals surface area contributed by atoms with Crippen molar-refractivity contribution in [3.63, 3.8) is 0 Å². The number of rotatable bonds is 3. The van der Waals surface area contributed by atoms with Crippen LogP contribution in [0.4, 0.5) is 13.2 Å². The first-order valence-corrected chi connectivity index (χ1v) is 7.26. The van der Waals surface area contributed by atoms with E-state index in [0.29, 0.717) is 27.3 Å². The largest absolute Gasteiger partial charge is 0.405 e. The number of carbonyl (C=O) groups excluding carboxylic acids is 1. The Morgan fingerprint density at radius 3 is 3.00 bits per heavy atom. The minimum atomic E-state index is -4.47. The summed E-state index contributed by atoms with van der Waals surface area (Å²) in [4.78, 5) is 27.1. The lowest BCUT2D eigenvalue weighted by atomic mass is 10.1. The van der Waals surface area contributed by atoms with Crippen LogP contribution < -0.4 is 5.32 Å². The smallest absolute Gasteiger partial charge is 0.345 e. The zero-order valence-electron chi connectivity index (χ0n) is 12.1. The van der Waals surface area contributed by atoms with Gasteiger partial charge in [-0.25, -0.2) is 4.98 Å². The molecule has 1 unspecified atom stereocenters. The predicted octanol–water partition coefficient (Wildman–Crippen LogP) is 2.14. The molecule has 0 aliphatic carbocycles. The average Bonchev–Trinajstić information content (AvgIpc) is 2.95. The van der Waals surface area contributed by atoms with Crippen molar-refractivity contribution in [1.29, 1.82) is 0 Å². The number of fused-ring (bicyclic) bond motifs is 1. The highest BCUT2D eigenvalue weighted by Crippen LogP contribution is 2.21. The lowest BCUT2D eigenvalue weighted by molar-refractivity contribution is -0.138. The molecule has 0 aromatic carbocycles. The number of alkyl halides is 3. The van der Waals surface area contributed by atoms with Crippen molar-refractivity contribution in [1.82, 2.24) is 15.3 Å². The Bertz CT molecular complexity index is 843. The maximum absolute atomic E-state index is 12.2. The number of H-pyrrole nitrogens is 1. The van der Waals surface area contributed by atoms with Crippen LogP contribution in [0.3, 0.4) is 0 Å². The van der Waals surface area contributed by atoms with Crippen LogP contribution in [0.2, 0.25) is 5.02 Å². The Morgan fingerprint density at radius 2 is 2.25 bits per heavy atom. The quantitative estimate of drug-likeness (QED) is 0.882. The third-order valence-corrected chi connectivity index (χ3v) is 3.53. The van der Waals surface area contributed by atoms with Crippen LogP contribution >= 0.6 is 11.6 Å². The number of nitrogens with one attached hydrogen (secondary N) is 2. The summed E-state index contributed by atoms with van der Waals surface area (Å²) in [5.41, 5.74) is 1.58. The molecule has 0 spiro atoms. The van der Waals surface area contributed by atoms with E-state index in [4.69, 9.17) is 11.6 Å². The Balaban J connectivity index is 1.85. The zero-order valence-corrected chi connectivity index (χ0v) is 12.8. The van der Waals surface area contributed by atoms with Crippen molar-refractivity contribution in [3.05, 3.63) is 29.0 Å². The summed E-state index contributed by atoms with van der Waals surface area (Å²) in [7, 11) is 0. The summed E-state index contributed by atoms with van der Waals surface area (Å²) < 4.78 is 36.6. The number of amides is 1. The number of aliphatic imine (C=N–C) groups is 2. The molecule has 126 valence electrons. The molecule has 3 heterocycles. The first kappa shape index (κ1) is 16.4. The molecule has 0 radical (unpaired) electrons. The number of aromatic nitrogens is 2. The fourth-order valence-electron chi connectivity index (χ4n) is 2.26. The predicted molar refractivity (Wildman–Crippen MR) is 83.9 cm³/mol. The van der Waals surface area contributed by atoms with Crippen LogP contribution in [0.15, 0.2) is 28.4 Å². The van der Waals surface area contributed by atoms with Gasteiger partial charge in [0.05, 0.1) is 17.3 Å². The molecule has 10 heteroatoms. The van der Waals surface area contributed by atoms with Crippen LogP contribution in [0.1, 0.15) is 5.56 Å². The van der Waals surface area contributed by atoms with Crippen LogP contribution in [-0.4, -0.2) is 53.1 Å². The molecular formula is C14H11ClF3N5O. The number of hydrogen-bond donors (Lipinski definition) is 2. The third-order valence-electron chi connectivity index (χ3n) is 3.33. The molecule has 1 amide bonds. The van der Waals surface area contributed by atoms with Crippen LogP contribution in [0, 0.1) is 0 Å². The van der Waals surface area contributed by atoms with Gasteiger partial charge in [0.2, 0.25) is 5.91 Å². The van der Waals surface area contributed by atoms with Crippen molar-refractivity contribution >= 4 is 40.5 Å². The highest BCUT2D eigenvalue weighted by Gasteiger charge is 2.30. The van der Waals surface area contributed by atoms with Gasteiger partial charge in [-0.05, 0) is 6.07 Å². The summed E-state index contributed by atoms with van der Waals surface area (Å²) >= 11 is 5.93. The van der Waals surface area contributed by atoms with Crippen LogP contribution in [-0.2, 0) is 4.79 Å². The van der Waals surface area contributed by atoms with Gasteiger partial charge in [0.15, 0.2) is 0 Å². The Hall–Kier alpha value is -2.42. The molecule has 0 saturated heterocycles. The lowest BCUT2D eigenvalue weighted by Crippen LogP contribution is -2.42. The second kappa shape index (κ2) is 6.23. The maximum atomic E-state index is 12.2. The van der Waals surface area contributed by atoms with E-state index in [0.717, 1.165) is 0 Å². The van der Waals surface area contributed by atoms with E-state index in [1.54, 1.807) is 12.3 Å². The van der Waals surface area contributed by atoms with E-state index in [1.165, 1.54) is 12.4 Å². The van der Waals surface area contributed by atoms with Gasteiger partial charge in [0.25, 0.3) is 0 Å². The molecule has 0 fully saturated rings. The van der Waals surface area contributed by atoms with Crippen molar-refractivity contribution in [3.8, 4) is 0 Å². The second-order valence-corrected chi connectivity index (χ2v) is 5.55. The molecule has 1 aliphatic rings. The summed E-state index contributed by atoms with van der Waals surface area (Å²) in [5.74, 6) is -0.822. The molecule has 0 bridgehead atoms.